The first-order valence-electron chi connectivity index (χ1n) is 6.07. The Kier molecular flexibility index (Phi) is 4.88. The summed E-state index contributed by atoms with van der Waals surface area (Å²) in [4.78, 5) is 10.7. The maximum atomic E-state index is 13.6. The maximum Gasteiger partial charge on any atom is 0.318 e. The van der Waals surface area contributed by atoms with E-state index in [-0.39, 0.29) is 16.0 Å². The summed E-state index contributed by atoms with van der Waals surface area (Å²) in [7, 11) is -3.97. The smallest absolute Gasteiger partial charge is 0.318 e. The standard InChI is InChI=1S/C13H18FNO4S/c1-8(2)15(7-12(16)17)20(18,19)11-5-9(3)13(14)10(4)6-11/h5-6,8H,7H2,1-4H3,(H,16,17). The molecule has 1 aromatic rings. The van der Waals surface area contributed by atoms with Crippen LogP contribution in [0, 0.1) is 19.7 Å². The Morgan fingerprint density at radius 1 is 1.30 bits per heavy atom. The molecular formula is C13H18FNO4S. The van der Waals surface area contributed by atoms with Crippen molar-refractivity contribution < 1.29 is 22.7 Å². The summed E-state index contributed by atoms with van der Waals surface area (Å²) in [5.74, 6) is -1.70. The fourth-order valence-electron chi connectivity index (χ4n) is 1.87. The molecule has 20 heavy (non-hydrogen) atoms. The van der Waals surface area contributed by atoms with Crippen molar-refractivity contribution in [3.63, 3.8) is 0 Å². The molecule has 0 saturated heterocycles. The third-order valence-electron chi connectivity index (χ3n) is 2.88. The molecule has 1 aromatic carbocycles. The third kappa shape index (κ3) is 3.34. The average Bonchev–Trinajstić information content (AvgIpc) is 2.31. The first-order valence-corrected chi connectivity index (χ1v) is 7.51. The number of benzene rings is 1. The van der Waals surface area contributed by atoms with Gasteiger partial charge in [-0.15, -0.1) is 0 Å². The zero-order chi connectivity index (χ0) is 15.7. The topological polar surface area (TPSA) is 74.7 Å². The van der Waals surface area contributed by atoms with E-state index in [0.29, 0.717) is 0 Å². The molecule has 0 aromatic heterocycles. The van der Waals surface area contributed by atoms with Crippen molar-refractivity contribution in [3.8, 4) is 0 Å². The number of sulfonamides is 1. The zero-order valence-corrected chi connectivity index (χ0v) is 12.7. The molecule has 0 aliphatic carbocycles. The van der Waals surface area contributed by atoms with Crippen molar-refractivity contribution in [2.45, 2.75) is 38.6 Å². The van der Waals surface area contributed by atoms with Crippen molar-refractivity contribution in [3.05, 3.63) is 29.1 Å². The first-order chi connectivity index (χ1) is 9.07. The normalized spacial score (nSPS) is 12.2. The number of carbonyl (C=O) groups is 1. The molecule has 0 saturated carbocycles. The highest BCUT2D eigenvalue weighted by Gasteiger charge is 2.29. The van der Waals surface area contributed by atoms with Crippen molar-refractivity contribution >= 4 is 16.0 Å². The minimum absolute atomic E-state index is 0.0937. The Bertz CT molecular complexity index is 602. The van der Waals surface area contributed by atoms with Crippen LogP contribution >= 0.6 is 0 Å². The summed E-state index contributed by atoms with van der Waals surface area (Å²) in [5.41, 5.74) is 0.421. The minimum atomic E-state index is -3.97. The molecule has 0 fully saturated rings. The Balaban J connectivity index is 3.37. The van der Waals surface area contributed by atoms with Gasteiger partial charge in [0, 0.05) is 6.04 Å². The third-order valence-corrected chi connectivity index (χ3v) is 4.88. The lowest BCUT2D eigenvalue weighted by Gasteiger charge is -2.24. The molecule has 0 unspecified atom stereocenters. The number of carboxylic acids is 1. The molecule has 0 aliphatic heterocycles. The Morgan fingerprint density at radius 2 is 1.75 bits per heavy atom. The predicted octanol–water partition coefficient (Wildman–Crippen LogP) is 1.93. The van der Waals surface area contributed by atoms with Crippen molar-refractivity contribution in [2.75, 3.05) is 6.54 Å². The lowest BCUT2D eigenvalue weighted by molar-refractivity contribution is -0.137. The van der Waals surface area contributed by atoms with Gasteiger partial charge < -0.3 is 5.11 Å². The van der Waals surface area contributed by atoms with Gasteiger partial charge in [-0.3, -0.25) is 4.79 Å². The van der Waals surface area contributed by atoms with Gasteiger partial charge in [0.15, 0.2) is 0 Å². The predicted molar refractivity (Wildman–Crippen MR) is 72.5 cm³/mol. The molecule has 0 radical (unpaired) electrons. The Labute approximate surface area is 118 Å². The number of aliphatic carboxylic acids is 1. The number of rotatable bonds is 5. The van der Waals surface area contributed by atoms with Crippen molar-refractivity contribution in [1.82, 2.24) is 4.31 Å². The minimum Gasteiger partial charge on any atom is -0.480 e. The lowest BCUT2D eigenvalue weighted by atomic mass is 10.1. The molecule has 0 bridgehead atoms. The van der Waals surface area contributed by atoms with Gasteiger partial charge in [0.1, 0.15) is 12.4 Å². The largest absolute Gasteiger partial charge is 0.480 e. The molecule has 1 rings (SSSR count). The van der Waals surface area contributed by atoms with Crippen molar-refractivity contribution in [2.24, 2.45) is 0 Å². The van der Waals surface area contributed by atoms with Crippen LogP contribution in [0.4, 0.5) is 4.39 Å². The summed E-state index contributed by atoms with van der Waals surface area (Å²) >= 11 is 0. The molecule has 0 heterocycles. The van der Waals surface area contributed by atoms with Gasteiger partial charge in [-0.2, -0.15) is 4.31 Å². The van der Waals surface area contributed by atoms with Gasteiger partial charge in [0.25, 0.3) is 0 Å². The van der Waals surface area contributed by atoms with Crippen LogP contribution in [0.2, 0.25) is 0 Å². The monoisotopic (exact) mass is 303 g/mol. The molecule has 1 N–H and O–H groups in total. The Morgan fingerprint density at radius 3 is 2.10 bits per heavy atom. The number of carboxylic acid groups (broad SMARTS) is 1. The van der Waals surface area contributed by atoms with Gasteiger partial charge in [-0.05, 0) is 51.0 Å². The second-order valence-electron chi connectivity index (χ2n) is 4.91. The van der Waals surface area contributed by atoms with Crippen LogP contribution < -0.4 is 0 Å². The van der Waals surface area contributed by atoms with E-state index in [1.165, 1.54) is 26.0 Å². The Hall–Kier alpha value is -1.47. The highest BCUT2D eigenvalue weighted by atomic mass is 32.2. The van der Waals surface area contributed by atoms with E-state index in [2.05, 4.69) is 0 Å². The van der Waals surface area contributed by atoms with Crippen molar-refractivity contribution in [1.29, 1.82) is 0 Å². The number of nitrogens with zero attached hydrogens (tertiary/aromatic N) is 1. The fourth-order valence-corrected chi connectivity index (χ4v) is 3.63. The highest BCUT2D eigenvalue weighted by molar-refractivity contribution is 7.89. The molecule has 0 spiro atoms. The highest BCUT2D eigenvalue weighted by Crippen LogP contribution is 2.23. The quantitative estimate of drug-likeness (QED) is 0.902. The number of hydrogen-bond acceptors (Lipinski definition) is 3. The van der Waals surface area contributed by atoms with Crippen LogP contribution in [0.25, 0.3) is 0 Å². The van der Waals surface area contributed by atoms with E-state index >= 15 is 0 Å². The molecular weight excluding hydrogens is 285 g/mol. The second-order valence-corrected chi connectivity index (χ2v) is 6.80. The number of hydrogen-bond donors (Lipinski definition) is 1. The summed E-state index contributed by atoms with van der Waals surface area (Å²) in [6.45, 7) is 5.49. The van der Waals surface area contributed by atoms with Gasteiger partial charge in [-0.25, -0.2) is 12.8 Å². The molecule has 0 aliphatic rings. The van der Waals surface area contributed by atoms with Crippen LogP contribution in [0.1, 0.15) is 25.0 Å². The zero-order valence-electron chi connectivity index (χ0n) is 11.8. The molecule has 0 atom stereocenters. The van der Waals surface area contributed by atoms with Gasteiger partial charge in [0.05, 0.1) is 4.90 Å². The summed E-state index contributed by atoms with van der Waals surface area (Å²) in [6.07, 6.45) is 0. The molecule has 0 amide bonds. The summed E-state index contributed by atoms with van der Waals surface area (Å²) < 4.78 is 39.4. The SMILES string of the molecule is Cc1cc(S(=O)(=O)N(CC(=O)O)C(C)C)cc(C)c1F. The van der Waals surface area contributed by atoms with Crippen LogP contribution in [0.5, 0.6) is 0 Å². The average molecular weight is 303 g/mol. The van der Waals surface area contributed by atoms with E-state index < -0.39 is 34.4 Å². The van der Waals surface area contributed by atoms with E-state index in [1.807, 2.05) is 0 Å². The summed E-state index contributed by atoms with van der Waals surface area (Å²) in [5, 5.41) is 8.83. The van der Waals surface area contributed by atoms with E-state index in [0.717, 1.165) is 4.31 Å². The summed E-state index contributed by atoms with van der Waals surface area (Å²) in [6, 6.07) is 1.92. The van der Waals surface area contributed by atoms with E-state index in [1.54, 1.807) is 13.8 Å². The first kappa shape index (κ1) is 16.6. The van der Waals surface area contributed by atoms with Crippen LogP contribution in [0.3, 0.4) is 0 Å². The lowest BCUT2D eigenvalue weighted by Crippen LogP contribution is -2.40. The second kappa shape index (κ2) is 5.88. The molecule has 112 valence electrons. The number of aryl methyl sites for hydroxylation is 2. The number of halogens is 1. The van der Waals surface area contributed by atoms with E-state index in [9.17, 15) is 17.6 Å². The van der Waals surface area contributed by atoms with E-state index in [4.69, 9.17) is 5.11 Å². The molecule has 5 nitrogen and oxygen atoms in total. The molecule has 7 heteroatoms. The van der Waals surface area contributed by atoms with Gasteiger partial charge >= 0.3 is 5.97 Å². The van der Waals surface area contributed by atoms with Crippen LogP contribution in [-0.2, 0) is 14.8 Å². The maximum absolute atomic E-state index is 13.6. The fraction of sp³-hybridized carbons (Fsp3) is 0.462. The van der Waals surface area contributed by atoms with Gasteiger partial charge in [-0.1, -0.05) is 0 Å². The van der Waals surface area contributed by atoms with Gasteiger partial charge in [0.2, 0.25) is 10.0 Å². The van der Waals surface area contributed by atoms with Crippen LogP contribution in [0.15, 0.2) is 17.0 Å². The van der Waals surface area contributed by atoms with Crippen LogP contribution in [-0.4, -0.2) is 36.4 Å².